The Morgan fingerprint density at radius 1 is 1.14 bits per heavy atom. The standard InChI is InChI=1S/C19H23N5O2.2ClH/c25-18-3-1-2-16-14-8-13(10-24(16)18)9-23(11-14)19(26)15-12-22-7-6-20-5-4-17(22)21-15;;/h1-3,12-14,20H,4-11H2;2*1H/t13-,14+;;/m0../s1. The highest BCUT2D eigenvalue weighted by Gasteiger charge is 2.37. The van der Waals surface area contributed by atoms with Crippen LogP contribution in [0, 0.1) is 5.92 Å². The van der Waals surface area contributed by atoms with Crippen LogP contribution in [0.5, 0.6) is 0 Å². The average molecular weight is 426 g/mol. The summed E-state index contributed by atoms with van der Waals surface area (Å²) in [5.74, 6) is 1.60. The molecule has 2 aromatic heterocycles. The minimum Gasteiger partial charge on any atom is -0.336 e. The van der Waals surface area contributed by atoms with E-state index in [1.54, 1.807) is 6.07 Å². The normalized spacial score (nSPS) is 22.8. The number of hydrogen-bond donors (Lipinski definition) is 1. The van der Waals surface area contributed by atoms with Gasteiger partial charge in [-0.05, 0) is 18.4 Å². The molecule has 152 valence electrons. The number of piperidine rings is 1. The molecule has 28 heavy (non-hydrogen) atoms. The Bertz CT molecular complexity index is 902. The highest BCUT2D eigenvalue weighted by molar-refractivity contribution is 5.92. The highest BCUT2D eigenvalue weighted by Crippen LogP contribution is 2.35. The number of pyridine rings is 1. The first kappa shape index (κ1) is 20.9. The van der Waals surface area contributed by atoms with E-state index in [-0.39, 0.29) is 42.2 Å². The number of imidazole rings is 1. The van der Waals surface area contributed by atoms with Crippen LogP contribution in [0.1, 0.15) is 34.3 Å². The van der Waals surface area contributed by atoms with Gasteiger partial charge in [0.1, 0.15) is 11.5 Å². The van der Waals surface area contributed by atoms with Crippen molar-refractivity contribution in [2.75, 3.05) is 26.2 Å². The van der Waals surface area contributed by atoms with E-state index in [0.29, 0.717) is 31.2 Å². The predicted molar refractivity (Wildman–Crippen MR) is 111 cm³/mol. The van der Waals surface area contributed by atoms with Crippen molar-refractivity contribution in [3.63, 3.8) is 0 Å². The maximum atomic E-state index is 13.1. The molecule has 9 heteroatoms. The molecule has 0 unspecified atom stereocenters. The quantitative estimate of drug-likeness (QED) is 0.746. The number of carbonyl (C=O) groups is 1. The molecule has 2 atom stereocenters. The van der Waals surface area contributed by atoms with Crippen LogP contribution in [0.25, 0.3) is 0 Å². The van der Waals surface area contributed by atoms with Crippen LogP contribution in [-0.4, -0.2) is 51.1 Å². The number of rotatable bonds is 1. The molecule has 0 saturated carbocycles. The SMILES string of the molecule is Cl.Cl.O=C(c1cn2c(n1)CCNCC2)N1C[C@@H]2C[C@H](C1)c1cccc(=O)n1C2. The second kappa shape index (κ2) is 8.27. The molecule has 7 nitrogen and oxygen atoms in total. The van der Waals surface area contributed by atoms with Crippen molar-refractivity contribution in [2.24, 2.45) is 5.92 Å². The molecule has 5 rings (SSSR count). The topological polar surface area (TPSA) is 72.2 Å². The van der Waals surface area contributed by atoms with Crippen LogP contribution in [0.4, 0.5) is 0 Å². The van der Waals surface area contributed by atoms with E-state index < -0.39 is 0 Å². The highest BCUT2D eigenvalue weighted by atomic mass is 35.5. The zero-order valence-electron chi connectivity index (χ0n) is 15.5. The Balaban J connectivity index is 0.00000112. The van der Waals surface area contributed by atoms with Crippen molar-refractivity contribution in [3.8, 4) is 0 Å². The van der Waals surface area contributed by atoms with Crippen molar-refractivity contribution >= 4 is 30.7 Å². The van der Waals surface area contributed by atoms with Gasteiger partial charge in [-0.3, -0.25) is 9.59 Å². The third-order valence-corrected chi connectivity index (χ3v) is 5.90. The summed E-state index contributed by atoms with van der Waals surface area (Å²) in [6.07, 6.45) is 3.82. The number of hydrogen-bond acceptors (Lipinski definition) is 4. The summed E-state index contributed by atoms with van der Waals surface area (Å²) >= 11 is 0. The number of nitrogens with zero attached hydrogens (tertiary/aromatic N) is 4. The van der Waals surface area contributed by atoms with Gasteiger partial charge in [0.05, 0.1) is 0 Å². The Morgan fingerprint density at radius 2 is 2.00 bits per heavy atom. The molecule has 0 radical (unpaired) electrons. The molecule has 2 aromatic rings. The van der Waals surface area contributed by atoms with Crippen molar-refractivity contribution in [1.29, 1.82) is 0 Å². The molecule has 0 aromatic carbocycles. The summed E-state index contributed by atoms with van der Waals surface area (Å²) in [6, 6.07) is 5.48. The molecule has 1 fully saturated rings. The van der Waals surface area contributed by atoms with Crippen molar-refractivity contribution in [2.45, 2.75) is 31.8 Å². The first-order chi connectivity index (χ1) is 12.7. The summed E-state index contributed by atoms with van der Waals surface area (Å²) in [5.41, 5.74) is 1.70. The summed E-state index contributed by atoms with van der Waals surface area (Å²) in [7, 11) is 0. The second-order valence-electron chi connectivity index (χ2n) is 7.64. The maximum Gasteiger partial charge on any atom is 0.274 e. The smallest absolute Gasteiger partial charge is 0.274 e. The van der Waals surface area contributed by atoms with Crippen molar-refractivity contribution in [3.05, 3.63) is 52.0 Å². The van der Waals surface area contributed by atoms with E-state index in [9.17, 15) is 9.59 Å². The summed E-state index contributed by atoms with van der Waals surface area (Å²) in [5, 5.41) is 3.35. The third-order valence-electron chi connectivity index (χ3n) is 5.90. The van der Waals surface area contributed by atoms with Gasteiger partial charge in [-0.2, -0.15) is 0 Å². The second-order valence-corrected chi connectivity index (χ2v) is 7.64. The van der Waals surface area contributed by atoms with E-state index in [2.05, 4.69) is 14.9 Å². The number of halogens is 2. The van der Waals surface area contributed by atoms with Crippen LogP contribution in [0.3, 0.4) is 0 Å². The van der Waals surface area contributed by atoms with E-state index in [1.807, 2.05) is 27.8 Å². The van der Waals surface area contributed by atoms with E-state index >= 15 is 0 Å². The van der Waals surface area contributed by atoms with E-state index in [0.717, 1.165) is 44.0 Å². The fourth-order valence-corrected chi connectivity index (χ4v) is 4.70. The molecule has 3 aliphatic rings. The monoisotopic (exact) mass is 425 g/mol. The zero-order chi connectivity index (χ0) is 17.7. The molecular formula is C19H25Cl2N5O2. The Kier molecular flexibility index (Phi) is 6.17. The molecular weight excluding hydrogens is 401 g/mol. The fourth-order valence-electron chi connectivity index (χ4n) is 4.70. The maximum absolute atomic E-state index is 13.1. The lowest BCUT2D eigenvalue weighted by atomic mass is 9.83. The number of carbonyl (C=O) groups excluding carboxylic acids is 1. The molecule has 5 heterocycles. The largest absolute Gasteiger partial charge is 0.336 e. The summed E-state index contributed by atoms with van der Waals surface area (Å²) in [4.78, 5) is 31.8. The molecule has 0 aliphatic carbocycles. The molecule has 0 spiro atoms. The van der Waals surface area contributed by atoms with Gasteiger partial charge >= 0.3 is 0 Å². The lowest BCUT2D eigenvalue weighted by Gasteiger charge is -2.42. The van der Waals surface area contributed by atoms with Crippen LogP contribution in [0.2, 0.25) is 0 Å². The van der Waals surface area contributed by atoms with Crippen LogP contribution in [0.15, 0.2) is 29.2 Å². The van der Waals surface area contributed by atoms with E-state index in [4.69, 9.17) is 0 Å². The first-order valence-corrected chi connectivity index (χ1v) is 9.45. The number of nitrogens with one attached hydrogen (secondary N) is 1. The summed E-state index contributed by atoms with van der Waals surface area (Å²) in [6.45, 7) is 4.76. The number of likely N-dealkylation sites (tertiary alicyclic amines) is 1. The van der Waals surface area contributed by atoms with Crippen LogP contribution < -0.4 is 10.9 Å². The van der Waals surface area contributed by atoms with Crippen LogP contribution in [-0.2, 0) is 19.5 Å². The van der Waals surface area contributed by atoms with Gasteiger partial charge in [-0.25, -0.2) is 4.98 Å². The zero-order valence-corrected chi connectivity index (χ0v) is 17.2. The van der Waals surface area contributed by atoms with Crippen molar-refractivity contribution < 1.29 is 4.79 Å². The Hall–Kier alpha value is -1.83. The van der Waals surface area contributed by atoms with Gasteiger partial charge in [0, 0.05) is 69.6 Å². The Morgan fingerprint density at radius 3 is 2.86 bits per heavy atom. The minimum atomic E-state index is 0. The number of aromatic nitrogens is 3. The lowest BCUT2D eigenvalue weighted by Crippen LogP contribution is -2.49. The minimum absolute atomic E-state index is 0. The molecule has 1 amide bonds. The van der Waals surface area contributed by atoms with E-state index in [1.165, 1.54) is 0 Å². The van der Waals surface area contributed by atoms with Crippen LogP contribution >= 0.6 is 24.8 Å². The third kappa shape index (κ3) is 3.58. The first-order valence-electron chi connectivity index (χ1n) is 9.45. The molecule has 1 saturated heterocycles. The van der Waals surface area contributed by atoms with Gasteiger partial charge < -0.3 is 19.4 Å². The predicted octanol–water partition coefficient (Wildman–Crippen LogP) is 1.29. The van der Waals surface area contributed by atoms with Gasteiger partial charge in [0.25, 0.3) is 11.5 Å². The molecule has 3 aliphatic heterocycles. The van der Waals surface area contributed by atoms with Gasteiger partial charge in [0.2, 0.25) is 0 Å². The lowest BCUT2D eigenvalue weighted by molar-refractivity contribution is 0.0589. The number of amides is 1. The average Bonchev–Trinajstić information content (AvgIpc) is 2.92. The summed E-state index contributed by atoms with van der Waals surface area (Å²) < 4.78 is 4.00. The molecule has 2 bridgehead atoms. The fraction of sp³-hybridized carbons (Fsp3) is 0.526. The van der Waals surface area contributed by atoms with Gasteiger partial charge in [-0.15, -0.1) is 24.8 Å². The van der Waals surface area contributed by atoms with Gasteiger partial charge in [-0.1, -0.05) is 6.07 Å². The van der Waals surface area contributed by atoms with Crippen molar-refractivity contribution in [1.82, 2.24) is 24.3 Å². The van der Waals surface area contributed by atoms with Gasteiger partial charge in [0.15, 0.2) is 0 Å². The molecule has 1 N–H and O–H groups in total. The number of fused-ring (bicyclic) bond motifs is 5. The Labute approximate surface area is 175 Å².